The van der Waals surface area contributed by atoms with E-state index in [-0.39, 0.29) is 12.4 Å². The molecule has 2 aromatic carbocycles. The van der Waals surface area contributed by atoms with Crippen molar-refractivity contribution in [3.05, 3.63) is 77.7 Å². The molecule has 5 heteroatoms. The van der Waals surface area contributed by atoms with Gasteiger partial charge in [-0.3, -0.25) is 4.98 Å². The Balaban J connectivity index is 2.06. The summed E-state index contributed by atoms with van der Waals surface area (Å²) >= 11 is 0. The highest BCUT2D eigenvalue weighted by Crippen LogP contribution is 2.33. The Bertz CT molecular complexity index is 999. The molecule has 1 atom stereocenters. The van der Waals surface area contributed by atoms with Crippen molar-refractivity contribution >= 4 is 11.8 Å². The lowest BCUT2D eigenvalue weighted by atomic mass is 9.96. The number of halogens is 1. The molecule has 1 aromatic heterocycles. The predicted molar refractivity (Wildman–Crippen MR) is 113 cm³/mol. The molecule has 0 fully saturated rings. The number of aryl methyl sites for hydroxylation is 1. The van der Waals surface area contributed by atoms with Gasteiger partial charge in [-0.15, -0.1) is 0 Å². The highest BCUT2D eigenvalue weighted by atomic mass is 19.1. The van der Waals surface area contributed by atoms with Gasteiger partial charge in [0.1, 0.15) is 12.0 Å². The number of aliphatic hydroxyl groups is 1. The first-order valence-electron chi connectivity index (χ1n) is 9.15. The molecule has 0 saturated heterocycles. The van der Waals surface area contributed by atoms with Crippen LogP contribution in [0.1, 0.15) is 18.1 Å². The number of hydrogen-bond acceptors (Lipinski definition) is 4. The zero-order valence-electron chi connectivity index (χ0n) is 16.0. The zero-order valence-corrected chi connectivity index (χ0v) is 16.0. The second-order valence-electron chi connectivity index (χ2n) is 6.61. The van der Waals surface area contributed by atoms with Gasteiger partial charge in [-0.25, -0.2) is 4.39 Å². The van der Waals surface area contributed by atoms with Crippen molar-refractivity contribution in [1.29, 1.82) is 0 Å². The number of nitrogens with two attached hydrogens (primary N) is 1. The Labute approximate surface area is 164 Å². The Morgan fingerprint density at radius 2 is 1.96 bits per heavy atom. The summed E-state index contributed by atoms with van der Waals surface area (Å²) in [4.78, 5) is 4.55. The molecule has 0 aliphatic carbocycles. The minimum absolute atomic E-state index is 0.228. The van der Waals surface area contributed by atoms with Crippen LogP contribution in [0.25, 0.3) is 28.5 Å². The number of benzene rings is 2. The minimum Gasteiger partial charge on any atom is -0.381 e. The number of hydrogen-bond donors (Lipinski definition) is 3. The van der Waals surface area contributed by atoms with E-state index in [4.69, 9.17) is 5.73 Å². The second-order valence-corrected chi connectivity index (χ2v) is 6.61. The van der Waals surface area contributed by atoms with Gasteiger partial charge in [0.15, 0.2) is 0 Å². The Morgan fingerprint density at radius 1 is 1.18 bits per heavy atom. The summed E-state index contributed by atoms with van der Waals surface area (Å²) in [7, 11) is 0. The van der Waals surface area contributed by atoms with Crippen molar-refractivity contribution in [3.63, 3.8) is 0 Å². The van der Waals surface area contributed by atoms with Crippen molar-refractivity contribution in [2.75, 3.05) is 11.9 Å². The molecule has 4 N–H and O–H groups in total. The molecule has 3 aromatic rings. The fourth-order valence-electron chi connectivity index (χ4n) is 3.08. The van der Waals surface area contributed by atoms with Crippen LogP contribution in [0.4, 0.5) is 10.1 Å². The molecular weight excluding hydrogens is 353 g/mol. The van der Waals surface area contributed by atoms with Gasteiger partial charge in [0, 0.05) is 23.0 Å². The number of nitrogens with one attached hydrogen (secondary N) is 1. The van der Waals surface area contributed by atoms with Crippen LogP contribution in [-0.2, 0) is 0 Å². The maximum atomic E-state index is 13.7. The highest BCUT2D eigenvalue weighted by Gasteiger charge is 2.12. The van der Waals surface area contributed by atoms with Crippen molar-refractivity contribution in [2.24, 2.45) is 5.73 Å². The fraction of sp³-hybridized carbons (Fsp3) is 0.174. The predicted octanol–water partition coefficient (Wildman–Crippen LogP) is 4.59. The summed E-state index contributed by atoms with van der Waals surface area (Å²) < 4.78 is 13.7. The van der Waals surface area contributed by atoms with Gasteiger partial charge < -0.3 is 16.2 Å². The molecule has 1 heterocycles. The lowest BCUT2D eigenvalue weighted by Crippen LogP contribution is -2.28. The highest BCUT2D eigenvalue weighted by molar-refractivity contribution is 5.83. The number of rotatable bonds is 6. The van der Waals surface area contributed by atoms with Crippen molar-refractivity contribution < 1.29 is 9.50 Å². The van der Waals surface area contributed by atoms with Crippen LogP contribution in [0, 0.1) is 12.7 Å². The van der Waals surface area contributed by atoms with Gasteiger partial charge in [-0.05, 0) is 66.9 Å². The maximum absolute atomic E-state index is 13.7. The molecule has 0 aliphatic heterocycles. The smallest absolute Gasteiger partial charge is 0.126 e. The first-order valence-corrected chi connectivity index (χ1v) is 9.15. The van der Waals surface area contributed by atoms with E-state index in [1.165, 1.54) is 6.07 Å². The topological polar surface area (TPSA) is 71.2 Å². The van der Waals surface area contributed by atoms with E-state index < -0.39 is 6.23 Å². The Kier molecular flexibility index (Phi) is 6.19. The van der Waals surface area contributed by atoms with Gasteiger partial charge in [-0.2, -0.15) is 0 Å². The lowest BCUT2D eigenvalue weighted by Gasteiger charge is -2.15. The van der Waals surface area contributed by atoms with E-state index in [1.807, 2.05) is 49.4 Å². The largest absolute Gasteiger partial charge is 0.381 e. The summed E-state index contributed by atoms with van der Waals surface area (Å²) in [5.41, 5.74) is 11.5. The molecule has 0 saturated carbocycles. The van der Waals surface area contributed by atoms with Crippen LogP contribution in [-0.4, -0.2) is 22.9 Å². The molecule has 0 aliphatic rings. The number of aliphatic hydroxyl groups excluding tert-OH is 1. The molecule has 0 amide bonds. The fourth-order valence-corrected chi connectivity index (χ4v) is 3.08. The SMILES string of the molecule is CC=Cc1cc(-c2cccnc2-c2ccc(F)c(C)c2)ccc1NCC(N)O. The van der Waals surface area contributed by atoms with E-state index in [0.29, 0.717) is 5.56 Å². The quantitative estimate of drug-likeness (QED) is 0.550. The molecule has 0 radical (unpaired) electrons. The van der Waals surface area contributed by atoms with Crippen molar-refractivity contribution in [3.8, 4) is 22.4 Å². The maximum Gasteiger partial charge on any atom is 0.126 e. The van der Waals surface area contributed by atoms with Gasteiger partial charge in [0.25, 0.3) is 0 Å². The van der Waals surface area contributed by atoms with Crippen molar-refractivity contribution in [2.45, 2.75) is 20.1 Å². The number of nitrogens with zero attached hydrogens (tertiary/aromatic N) is 1. The Hall–Kier alpha value is -3.02. The summed E-state index contributed by atoms with van der Waals surface area (Å²) in [6, 6.07) is 14.9. The van der Waals surface area contributed by atoms with E-state index in [0.717, 1.165) is 33.6 Å². The van der Waals surface area contributed by atoms with E-state index in [1.54, 1.807) is 19.2 Å². The van der Waals surface area contributed by atoms with Crippen LogP contribution in [0.3, 0.4) is 0 Å². The minimum atomic E-state index is -0.926. The molecule has 1 unspecified atom stereocenters. The van der Waals surface area contributed by atoms with Gasteiger partial charge in [0.05, 0.1) is 12.2 Å². The van der Waals surface area contributed by atoms with Crippen LogP contribution in [0.2, 0.25) is 0 Å². The third kappa shape index (κ3) is 4.44. The molecule has 4 nitrogen and oxygen atoms in total. The summed E-state index contributed by atoms with van der Waals surface area (Å²) in [6.45, 7) is 3.96. The average molecular weight is 377 g/mol. The summed E-state index contributed by atoms with van der Waals surface area (Å²) in [6.07, 6.45) is 4.76. The van der Waals surface area contributed by atoms with Gasteiger partial charge >= 0.3 is 0 Å². The zero-order chi connectivity index (χ0) is 20.1. The first kappa shape index (κ1) is 19.7. The van der Waals surface area contributed by atoms with Crippen LogP contribution < -0.4 is 11.1 Å². The Morgan fingerprint density at radius 3 is 2.68 bits per heavy atom. The third-order valence-electron chi connectivity index (χ3n) is 4.45. The monoisotopic (exact) mass is 377 g/mol. The van der Waals surface area contributed by atoms with Crippen LogP contribution >= 0.6 is 0 Å². The number of allylic oxidation sites excluding steroid dienone is 1. The summed E-state index contributed by atoms with van der Waals surface area (Å²) in [5, 5.41) is 12.5. The second kappa shape index (κ2) is 8.78. The van der Waals surface area contributed by atoms with Crippen LogP contribution in [0.5, 0.6) is 0 Å². The third-order valence-corrected chi connectivity index (χ3v) is 4.45. The standard InChI is InChI=1S/C23H24FN3O/c1-3-5-17-13-16(8-10-21(17)27-14-22(25)28)19-6-4-11-26-23(19)18-7-9-20(24)15(2)12-18/h3-13,22,27-28H,14,25H2,1-2H3. The number of pyridine rings is 1. The van der Waals surface area contributed by atoms with E-state index in [2.05, 4.69) is 16.4 Å². The molecule has 28 heavy (non-hydrogen) atoms. The van der Waals surface area contributed by atoms with Gasteiger partial charge in [0.2, 0.25) is 0 Å². The average Bonchev–Trinajstić information content (AvgIpc) is 2.69. The molecule has 0 bridgehead atoms. The molecule has 0 spiro atoms. The summed E-state index contributed by atoms with van der Waals surface area (Å²) in [5.74, 6) is -0.228. The normalized spacial score (nSPS) is 12.3. The lowest BCUT2D eigenvalue weighted by molar-refractivity contribution is 0.196. The van der Waals surface area contributed by atoms with Crippen molar-refractivity contribution in [1.82, 2.24) is 4.98 Å². The van der Waals surface area contributed by atoms with Crippen LogP contribution in [0.15, 0.2) is 60.8 Å². The number of anilines is 1. The molecular formula is C23H24FN3O. The van der Waals surface area contributed by atoms with Gasteiger partial charge in [-0.1, -0.05) is 24.3 Å². The number of aromatic nitrogens is 1. The van der Waals surface area contributed by atoms with E-state index >= 15 is 0 Å². The first-order chi connectivity index (χ1) is 13.5. The molecule has 144 valence electrons. The van der Waals surface area contributed by atoms with E-state index in [9.17, 15) is 9.50 Å². The molecule has 3 rings (SSSR count).